The van der Waals surface area contributed by atoms with E-state index in [9.17, 15) is 18.1 Å². The van der Waals surface area contributed by atoms with E-state index in [1.165, 1.54) is 24.3 Å². The molecular formula is C24H18FN5O2S. The van der Waals surface area contributed by atoms with Crippen LogP contribution in [0.3, 0.4) is 0 Å². The minimum Gasteiger partial charge on any atom is -0.365 e. The van der Waals surface area contributed by atoms with Crippen molar-refractivity contribution in [3.05, 3.63) is 96.1 Å². The van der Waals surface area contributed by atoms with Crippen molar-refractivity contribution >= 4 is 15.8 Å². The molecule has 7 nitrogen and oxygen atoms in total. The smallest absolute Gasteiger partial charge is 0.238 e. The second kappa shape index (κ2) is 9.16. The van der Waals surface area contributed by atoms with E-state index in [-0.39, 0.29) is 10.7 Å². The van der Waals surface area contributed by atoms with Crippen LogP contribution in [0.5, 0.6) is 0 Å². The molecule has 2 heterocycles. The molecule has 0 saturated heterocycles. The molecule has 0 aliphatic carbocycles. The van der Waals surface area contributed by atoms with Crippen LogP contribution in [0.2, 0.25) is 0 Å². The van der Waals surface area contributed by atoms with E-state index in [0.717, 1.165) is 5.56 Å². The highest BCUT2D eigenvalue weighted by Gasteiger charge is 2.16. The first-order valence-corrected chi connectivity index (χ1v) is 11.4. The molecule has 0 spiro atoms. The van der Waals surface area contributed by atoms with E-state index in [2.05, 4.69) is 16.4 Å². The quantitative estimate of drug-likeness (QED) is 0.448. The van der Waals surface area contributed by atoms with Crippen LogP contribution in [0.25, 0.3) is 22.4 Å². The third-order valence-corrected chi connectivity index (χ3v) is 5.89. The van der Waals surface area contributed by atoms with E-state index < -0.39 is 10.0 Å². The minimum atomic E-state index is -3.85. The fraction of sp³-hybridized carbons (Fsp3) is 0.0417. The normalized spacial score (nSPS) is 11.1. The van der Waals surface area contributed by atoms with Crippen molar-refractivity contribution in [1.82, 2.24) is 9.97 Å². The van der Waals surface area contributed by atoms with Gasteiger partial charge in [0.1, 0.15) is 17.7 Å². The summed E-state index contributed by atoms with van der Waals surface area (Å²) in [5.74, 6) is -0.0129. The van der Waals surface area contributed by atoms with Crippen molar-refractivity contribution < 1.29 is 12.8 Å². The predicted molar refractivity (Wildman–Crippen MR) is 123 cm³/mol. The Hall–Kier alpha value is -4.13. The molecule has 0 aliphatic heterocycles. The molecule has 4 aromatic rings. The Balaban J connectivity index is 1.82. The van der Waals surface area contributed by atoms with E-state index in [4.69, 9.17) is 10.1 Å². The zero-order chi connectivity index (χ0) is 23.4. The average Bonchev–Trinajstić information content (AvgIpc) is 2.83. The van der Waals surface area contributed by atoms with Crippen molar-refractivity contribution in [2.75, 3.05) is 5.32 Å². The molecule has 0 bridgehead atoms. The molecule has 0 amide bonds. The molecule has 9 heteroatoms. The average molecular weight is 460 g/mol. The van der Waals surface area contributed by atoms with Crippen molar-refractivity contribution in [1.29, 1.82) is 5.26 Å². The Morgan fingerprint density at radius 3 is 2.21 bits per heavy atom. The molecule has 0 atom stereocenters. The van der Waals surface area contributed by atoms with E-state index in [0.29, 0.717) is 40.3 Å². The highest BCUT2D eigenvalue weighted by Crippen LogP contribution is 2.34. The zero-order valence-corrected chi connectivity index (χ0v) is 18.1. The summed E-state index contributed by atoms with van der Waals surface area (Å²) < 4.78 is 36.8. The van der Waals surface area contributed by atoms with Gasteiger partial charge in [0, 0.05) is 30.1 Å². The Morgan fingerprint density at radius 2 is 1.61 bits per heavy atom. The van der Waals surface area contributed by atoms with Gasteiger partial charge >= 0.3 is 0 Å². The number of primary sulfonamides is 1. The van der Waals surface area contributed by atoms with Gasteiger partial charge in [0.25, 0.3) is 0 Å². The highest BCUT2D eigenvalue weighted by atomic mass is 32.2. The predicted octanol–water partition coefficient (Wildman–Crippen LogP) is 4.08. The van der Waals surface area contributed by atoms with Crippen LogP contribution < -0.4 is 10.5 Å². The lowest BCUT2D eigenvalue weighted by Gasteiger charge is -2.15. The summed E-state index contributed by atoms with van der Waals surface area (Å²) in [5.41, 5.74) is 3.63. The number of pyridine rings is 2. The number of aromatic nitrogens is 2. The summed E-state index contributed by atoms with van der Waals surface area (Å²) in [6.45, 7) is 0.426. The number of anilines is 1. The lowest BCUT2D eigenvalue weighted by molar-refractivity contribution is 0.598. The molecule has 2 aromatic carbocycles. The van der Waals surface area contributed by atoms with Gasteiger partial charge in [-0.15, -0.1) is 0 Å². The number of rotatable bonds is 6. The van der Waals surface area contributed by atoms with Crippen LogP contribution in [0.4, 0.5) is 10.2 Å². The highest BCUT2D eigenvalue weighted by molar-refractivity contribution is 7.89. The van der Waals surface area contributed by atoms with Gasteiger partial charge in [-0.05, 0) is 65.7 Å². The Bertz CT molecular complexity index is 1430. The van der Waals surface area contributed by atoms with Gasteiger partial charge in [0.05, 0.1) is 16.2 Å². The first-order valence-electron chi connectivity index (χ1n) is 9.82. The van der Waals surface area contributed by atoms with Gasteiger partial charge in [-0.3, -0.25) is 4.98 Å². The number of nitrogens with two attached hydrogens (primary N) is 1. The number of sulfonamides is 1. The summed E-state index contributed by atoms with van der Waals surface area (Å²) in [6.07, 6.45) is 3.35. The summed E-state index contributed by atoms with van der Waals surface area (Å²) >= 11 is 0. The number of hydrogen-bond acceptors (Lipinski definition) is 6. The van der Waals surface area contributed by atoms with Gasteiger partial charge in [-0.2, -0.15) is 5.26 Å². The van der Waals surface area contributed by atoms with Gasteiger partial charge in [-0.1, -0.05) is 12.1 Å². The molecule has 0 radical (unpaired) electrons. The van der Waals surface area contributed by atoms with Crippen LogP contribution in [0.15, 0.2) is 84.0 Å². The fourth-order valence-electron chi connectivity index (χ4n) is 3.29. The van der Waals surface area contributed by atoms with Crippen molar-refractivity contribution in [3.63, 3.8) is 0 Å². The van der Waals surface area contributed by atoms with Crippen LogP contribution in [-0.2, 0) is 16.6 Å². The maximum Gasteiger partial charge on any atom is 0.238 e. The SMILES string of the molecule is N#Cc1cc(-c2ccc(S(N)(=O)=O)cc2)c(-c2ccc(F)cc2)nc1NCc1ccncc1. The molecule has 164 valence electrons. The van der Waals surface area contributed by atoms with Crippen LogP contribution >= 0.6 is 0 Å². The lowest BCUT2D eigenvalue weighted by Crippen LogP contribution is -2.11. The van der Waals surface area contributed by atoms with E-state index in [1.807, 2.05) is 12.1 Å². The maximum absolute atomic E-state index is 13.5. The Labute approximate surface area is 190 Å². The summed E-state index contributed by atoms with van der Waals surface area (Å²) in [4.78, 5) is 8.65. The number of benzene rings is 2. The topological polar surface area (TPSA) is 122 Å². The molecular weight excluding hydrogens is 441 g/mol. The van der Waals surface area contributed by atoms with Gasteiger partial charge < -0.3 is 5.32 Å². The largest absolute Gasteiger partial charge is 0.365 e. The van der Waals surface area contributed by atoms with Crippen molar-refractivity contribution in [3.8, 4) is 28.5 Å². The summed E-state index contributed by atoms with van der Waals surface area (Å²) in [5, 5.41) is 18.1. The number of nitriles is 1. The lowest BCUT2D eigenvalue weighted by atomic mass is 9.97. The number of halogens is 1. The summed E-state index contributed by atoms with van der Waals surface area (Å²) in [7, 11) is -3.85. The van der Waals surface area contributed by atoms with E-state index >= 15 is 0 Å². The Kier molecular flexibility index (Phi) is 6.13. The fourth-order valence-corrected chi connectivity index (χ4v) is 3.81. The molecule has 2 aromatic heterocycles. The monoisotopic (exact) mass is 459 g/mol. The van der Waals surface area contributed by atoms with Crippen LogP contribution in [0, 0.1) is 17.1 Å². The van der Waals surface area contributed by atoms with Crippen LogP contribution in [0.1, 0.15) is 11.1 Å². The standard InChI is InChI=1S/C24H18FN5O2S/c25-20-5-1-18(2-6-20)23-22(17-3-7-21(8-4-17)33(27,31)32)13-19(14-26)24(30-23)29-15-16-9-11-28-12-10-16/h1-13H,15H2,(H,29,30)(H2,27,31,32). The Morgan fingerprint density at radius 1 is 0.970 bits per heavy atom. The minimum absolute atomic E-state index is 0.0290. The van der Waals surface area contributed by atoms with Crippen molar-refractivity contribution in [2.45, 2.75) is 11.4 Å². The second-order valence-corrected chi connectivity index (χ2v) is 8.74. The van der Waals surface area contributed by atoms with Crippen molar-refractivity contribution in [2.24, 2.45) is 5.14 Å². The van der Waals surface area contributed by atoms with Gasteiger partial charge in [0.2, 0.25) is 10.0 Å². The van der Waals surface area contributed by atoms with E-state index in [1.54, 1.807) is 42.7 Å². The molecule has 3 N–H and O–H groups in total. The van der Waals surface area contributed by atoms with Gasteiger partial charge in [0.15, 0.2) is 0 Å². The number of nitrogens with zero attached hydrogens (tertiary/aromatic N) is 3. The molecule has 0 fully saturated rings. The van der Waals surface area contributed by atoms with Crippen LogP contribution in [-0.4, -0.2) is 18.4 Å². The molecule has 4 rings (SSSR count). The van der Waals surface area contributed by atoms with Gasteiger partial charge in [-0.25, -0.2) is 22.9 Å². The zero-order valence-electron chi connectivity index (χ0n) is 17.2. The number of nitrogens with one attached hydrogen (secondary N) is 1. The maximum atomic E-state index is 13.5. The molecule has 0 aliphatic rings. The molecule has 0 unspecified atom stereocenters. The summed E-state index contributed by atoms with van der Waals surface area (Å²) in [6, 6.07) is 19.3. The number of hydrogen-bond donors (Lipinski definition) is 2. The molecule has 33 heavy (non-hydrogen) atoms. The molecule has 0 saturated carbocycles. The third-order valence-electron chi connectivity index (χ3n) is 4.96. The third kappa shape index (κ3) is 5.03. The second-order valence-electron chi connectivity index (χ2n) is 7.18. The first kappa shape index (κ1) is 22.1. The first-order chi connectivity index (χ1) is 15.8.